The fourth-order valence-electron chi connectivity index (χ4n) is 1.76. The number of rotatable bonds is 7. The monoisotopic (exact) mass is 361 g/mol. The van der Waals surface area contributed by atoms with Crippen LogP contribution in [-0.4, -0.2) is 30.1 Å². The zero-order valence-corrected chi connectivity index (χ0v) is 13.8. The predicted molar refractivity (Wildman–Crippen MR) is 90.7 cm³/mol. The Bertz CT molecular complexity index is 780. The second kappa shape index (κ2) is 8.69. The first-order valence-electron chi connectivity index (χ1n) is 7.12. The standard InChI is InChI=1S/C16H15N3O5S/c17-16(22)11-4-6-12(7-5-11)18-13(20)9-24-15(21)10-25-14-3-1-2-8-19(14)23/h1-8H,9-10H2,(H2,17,22)(H,18,20). The van der Waals surface area contributed by atoms with Crippen molar-refractivity contribution in [3.8, 4) is 0 Å². The minimum absolute atomic E-state index is 0.0904. The number of hydrogen-bond donors (Lipinski definition) is 2. The smallest absolute Gasteiger partial charge is 0.317 e. The highest BCUT2D eigenvalue weighted by atomic mass is 32.2. The van der Waals surface area contributed by atoms with Crippen LogP contribution in [-0.2, 0) is 14.3 Å². The number of carbonyl (C=O) groups excluding carboxylic acids is 3. The van der Waals surface area contributed by atoms with Gasteiger partial charge in [0.05, 0.1) is 0 Å². The van der Waals surface area contributed by atoms with E-state index in [4.69, 9.17) is 10.5 Å². The molecular formula is C16H15N3O5S. The first-order chi connectivity index (χ1) is 12.0. The third-order valence-corrected chi connectivity index (χ3v) is 3.94. The predicted octanol–water partition coefficient (Wildman–Crippen LogP) is 0.693. The number of hydrogen-bond acceptors (Lipinski definition) is 6. The molecule has 2 amide bonds. The van der Waals surface area contributed by atoms with Crippen molar-refractivity contribution in [3.05, 3.63) is 59.4 Å². The van der Waals surface area contributed by atoms with Gasteiger partial charge in [0, 0.05) is 23.4 Å². The number of primary amides is 1. The van der Waals surface area contributed by atoms with Crippen LogP contribution in [0.15, 0.2) is 53.7 Å². The molecule has 0 atom stereocenters. The number of nitrogens with one attached hydrogen (secondary N) is 1. The van der Waals surface area contributed by atoms with Gasteiger partial charge in [-0.3, -0.25) is 14.4 Å². The quantitative estimate of drug-likeness (QED) is 0.323. The zero-order chi connectivity index (χ0) is 18.2. The first-order valence-corrected chi connectivity index (χ1v) is 8.10. The number of esters is 1. The molecule has 0 saturated carbocycles. The Kier molecular flexibility index (Phi) is 6.35. The number of anilines is 1. The van der Waals surface area contributed by atoms with Crippen LogP contribution in [0.5, 0.6) is 0 Å². The van der Waals surface area contributed by atoms with Gasteiger partial charge in [-0.2, -0.15) is 4.73 Å². The van der Waals surface area contributed by atoms with E-state index in [1.807, 2.05) is 0 Å². The van der Waals surface area contributed by atoms with Gasteiger partial charge in [-0.05, 0) is 42.1 Å². The van der Waals surface area contributed by atoms with Gasteiger partial charge in [0.25, 0.3) is 10.9 Å². The average molecular weight is 361 g/mol. The van der Waals surface area contributed by atoms with Crippen molar-refractivity contribution in [3.63, 3.8) is 0 Å². The van der Waals surface area contributed by atoms with E-state index >= 15 is 0 Å². The molecule has 0 bridgehead atoms. The molecule has 0 aliphatic heterocycles. The van der Waals surface area contributed by atoms with E-state index in [0.29, 0.717) is 21.0 Å². The maximum absolute atomic E-state index is 11.7. The molecule has 0 radical (unpaired) electrons. The average Bonchev–Trinajstić information content (AvgIpc) is 2.59. The number of ether oxygens (including phenoxy) is 1. The summed E-state index contributed by atoms with van der Waals surface area (Å²) in [4.78, 5) is 34.3. The summed E-state index contributed by atoms with van der Waals surface area (Å²) in [5, 5.41) is 14.3. The number of aromatic nitrogens is 1. The second-order valence-corrected chi connectivity index (χ2v) is 5.80. The molecule has 2 aromatic rings. The molecule has 0 saturated heterocycles. The Hall–Kier alpha value is -3.07. The highest BCUT2D eigenvalue weighted by molar-refractivity contribution is 7.99. The Balaban J connectivity index is 1.74. The number of amides is 2. The molecular weight excluding hydrogens is 346 g/mol. The van der Waals surface area contributed by atoms with Crippen molar-refractivity contribution in [2.24, 2.45) is 5.73 Å². The van der Waals surface area contributed by atoms with Crippen LogP contribution in [0.1, 0.15) is 10.4 Å². The van der Waals surface area contributed by atoms with E-state index in [0.717, 1.165) is 11.8 Å². The lowest BCUT2D eigenvalue weighted by Crippen LogP contribution is -2.28. The molecule has 3 N–H and O–H groups in total. The van der Waals surface area contributed by atoms with Gasteiger partial charge in [0.2, 0.25) is 5.91 Å². The highest BCUT2D eigenvalue weighted by Crippen LogP contribution is 2.13. The normalized spacial score (nSPS) is 10.1. The van der Waals surface area contributed by atoms with Crippen molar-refractivity contribution in [2.75, 3.05) is 17.7 Å². The van der Waals surface area contributed by atoms with Crippen LogP contribution in [0.3, 0.4) is 0 Å². The van der Waals surface area contributed by atoms with E-state index < -0.39 is 24.4 Å². The molecule has 0 unspecified atom stereocenters. The summed E-state index contributed by atoms with van der Waals surface area (Å²) in [7, 11) is 0. The minimum Gasteiger partial charge on any atom is -0.618 e. The van der Waals surface area contributed by atoms with E-state index in [-0.39, 0.29) is 5.75 Å². The molecule has 0 fully saturated rings. The zero-order valence-electron chi connectivity index (χ0n) is 13.0. The summed E-state index contributed by atoms with van der Waals surface area (Å²) < 4.78 is 5.48. The van der Waals surface area contributed by atoms with Crippen LogP contribution in [0.2, 0.25) is 0 Å². The number of carbonyl (C=O) groups is 3. The van der Waals surface area contributed by atoms with Gasteiger partial charge < -0.3 is 21.0 Å². The summed E-state index contributed by atoms with van der Waals surface area (Å²) in [6, 6.07) is 10.8. The molecule has 0 spiro atoms. The lowest BCUT2D eigenvalue weighted by atomic mass is 10.2. The van der Waals surface area contributed by atoms with Crippen LogP contribution in [0.25, 0.3) is 0 Å². The van der Waals surface area contributed by atoms with Crippen LogP contribution < -0.4 is 15.8 Å². The number of nitrogens with two attached hydrogens (primary N) is 1. The molecule has 25 heavy (non-hydrogen) atoms. The number of nitrogens with zero attached hydrogens (tertiary/aromatic N) is 1. The van der Waals surface area contributed by atoms with Gasteiger partial charge in [0.15, 0.2) is 12.8 Å². The molecule has 1 aromatic heterocycles. The summed E-state index contributed by atoms with van der Waals surface area (Å²) >= 11 is 1.02. The number of benzene rings is 1. The van der Waals surface area contributed by atoms with Crippen molar-refractivity contribution in [2.45, 2.75) is 5.03 Å². The maximum Gasteiger partial charge on any atom is 0.317 e. The third-order valence-electron chi connectivity index (χ3n) is 2.94. The molecule has 1 aromatic carbocycles. The molecule has 1 heterocycles. The molecule has 2 rings (SSSR count). The van der Waals surface area contributed by atoms with Gasteiger partial charge in [-0.1, -0.05) is 0 Å². The van der Waals surface area contributed by atoms with Crippen molar-refractivity contribution in [1.29, 1.82) is 0 Å². The Labute approximate surface area is 147 Å². The third kappa shape index (κ3) is 5.81. The molecule has 130 valence electrons. The van der Waals surface area contributed by atoms with E-state index in [9.17, 15) is 19.6 Å². The lowest BCUT2D eigenvalue weighted by Gasteiger charge is -2.07. The van der Waals surface area contributed by atoms with E-state index in [1.54, 1.807) is 18.2 Å². The Morgan fingerprint density at radius 3 is 2.52 bits per heavy atom. The SMILES string of the molecule is NC(=O)c1ccc(NC(=O)COC(=O)CSc2cccc[n+]2[O-])cc1. The number of thioether (sulfide) groups is 1. The van der Waals surface area contributed by atoms with Gasteiger partial charge >= 0.3 is 5.97 Å². The van der Waals surface area contributed by atoms with Gasteiger partial charge in [-0.25, -0.2) is 0 Å². The van der Waals surface area contributed by atoms with Crippen LogP contribution >= 0.6 is 11.8 Å². The maximum atomic E-state index is 11.7. The molecule has 8 nitrogen and oxygen atoms in total. The van der Waals surface area contributed by atoms with Gasteiger partial charge in [-0.15, -0.1) is 0 Å². The minimum atomic E-state index is -0.618. The summed E-state index contributed by atoms with van der Waals surface area (Å²) in [6.07, 6.45) is 1.32. The summed E-state index contributed by atoms with van der Waals surface area (Å²) in [5.74, 6) is -1.80. The fraction of sp³-hybridized carbons (Fsp3) is 0.125. The summed E-state index contributed by atoms with van der Waals surface area (Å²) in [5.41, 5.74) is 5.88. The molecule has 0 aliphatic carbocycles. The molecule has 0 aliphatic rings. The lowest BCUT2D eigenvalue weighted by molar-refractivity contribution is -0.645. The number of pyridine rings is 1. The van der Waals surface area contributed by atoms with Gasteiger partial charge in [0.1, 0.15) is 5.75 Å². The highest BCUT2D eigenvalue weighted by Gasteiger charge is 2.12. The van der Waals surface area contributed by atoms with Crippen molar-refractivity contribution in [1.82, 2.24) is 0 Å². The Morgan fingerprint density at radius 2 is 1.88 bits per heavy atom. The van der Waals surface area contributed by atoms with E-state index in [1.165, 1.54) is 30.5 Å². The fourth-order valence-corrected chi connectivity index (χ4v) is 2.47. The largest absolute Gasteiger partial charge is 0.618 e. The first kappa shape index (κ1) is 18.3. The van der Waals surface area contributed by atoms with Crippen LogP contribution in [0, 0.1) is 5.21 Å². The summed E-state index contributed by atoms with van der Waals surface area (Å²) in [6.45, 7) is -0.455. The van der Waals surface area contributed by atoms with Crippen molar-refractivity contribution >= 4 is 35.2 Å². The van der Waals surface area contributed by atoms with Crippen LogP contribution in [0.4, 0.5) is 5.69 Å². The second-order valence-electron chi connectivity index (χ2n) is 4.80. The van der Waals surface area contributed by atoms with E-state index in [2.05, 4.69) is 5.32 Å². The Morgan fingerprint density at radius 1 is 1.16 bits per heavy atom. The molecule has 9 heteroatoms. The van der Waals surface area contributed by atoms with Crippen molar-refractivity contribution < 1.29 is 23.9 Å². The topological polar surface area (TPSA) is 125 Å².